The Balaban J connectivity index is 2.74. The van der Waals surface area contributed by atoms with Gasteiger partial charge in [-0.3, -0.25) is 4.79 Å². The number of benzene rings is 1. The molecule has 0 aliphatic rings. The highest BCUT2D eigenvalue weighted by atomic mass is 16.2. The Bertz CT molecular complexity index is 443. The summed E-state index contributed by atoms with van der Waals surface area (Å²) in [5.74, 6) is 0.0150. The Morgan fingerprint density at radius 3 is 2.39 bits per heavy atom. The Kier molecular flexibility index (Phi) is 5.37. The van der Waals surface area contributed by atoms with Crippen LogP contribution in [-0.2, 0) is 4.79 Å². The molecule has 0 bridgehead atoms. The molecule has 0 aliphatic carbocycles. The monoisotopic (exact) mass is 243 g/mol. The summed E-state index contributed by atoms with van der Waals surface area (Å²) in [6, 6.07) is 8.35. The minimum Gasteiger partial charge on any atom is -0.335 e. The predicted octanol–water partition coefficient (Wildman–Crippen LogP) is 3.65. The maximum absolute atomic E-state index is 11.9. The Hall–Kier alpha value is -1.83. The number of allylic oxidation sites excluding steroid dienone is 3. The highest BCUT2D eigenvalue weighted by Crippen LogP contribution is 2.19. The smallest absolute Gasteiger partial charge is 0.246 e. The van der Waals surface area contributed by atoms with E-state index in [4.69, 9.17) is 0 Å². The van der Waals surface area contributed by atoms with Crippen molar-refractivity contribution in [2.24, 2.45) is 0 Å². The van der Waals surface area contributed by atoms with Gasteiger partial charge in [-0.1, -0.05) is 48.1 Å². The van der Waals surface area contributed by atoms with Gasteiger partial charge in [-0.15, -0.1) is 0 Å². The first-order valence-corrected chi connectivity index (χ1v) is 6.19. The van der Waals surface area contributed by atoms with Gasteiger partial charge in [-0.2, -0.15) is 0 Å². The van der Waals surface area contributed by atoms with E-state index in [0.717, 1.165) is 5.56 Å². The number of aryl methyl sites for hydroxylation is 1. The molecule has 1 aromatic rings. The predicted molar refractivity (Wildman–Crippen MR) is 76.3 cm³/mol. The van der Waals surface area contributed by atoms with Crippen molar-refractivity contribution < 1.29 is 4.79 Å². The Morgan fingerprint density at radius 1 is 1.22 bits per heavy atom. The number of rotatable bonds is 4. The quantitative estimate of drug-likeness (QED) is 0.584. The molecule has 1 unspecified atom stereocenters. The van der Waals surface area contributed by atoms with Gasteiger partial charge in [0.1, 0.15) is 0 Å². The Labute approximate surface area is 110 Å². The largest absolute Gasteiger partial charge is 0.335 e. The van der Waals surface area contributed by atoms with Gasteiger partial charge in [0.25, 0.3) is 0 Å². The summed E-state index contributed by atoms with van der Waals surface area (Å²) in [4.78, 5) is 13.6. The first-order valence-electron chi connectivity index (χ1n) is 6.19. The van der Waals surface area contributed by atoms with Crippen LogP contribution in [-0.4, -0.2) is 17.9 Å². The molecule has 2 heteroatoms. The molecule has 0 aromatic heterocycles. The molecular weight excluding hydrogens is 222 g/mol. The van der Waals surface area contributed by atoms with Crippen LogP contribution in [0.25, 0.3) is 0 Å². The molecule has 1 atom stereocenters. The Morgan fingerprint density at radius 2 is 1.83 bits per heavy atom. The molecule has 1 amide bonds. The zero-order valence-corrected chi connectivity index (χ0v) is 11.6. The number of carbonyl (C=O) groups excluding carboxylic acids is 1. The zero-order valence-electron chi connectivity index (χ0n) is 11.6. The molecule has 0 aliphatic heterocycles. The normalized spacial score (nSPS) is 13.1. The summed E-state index contributed by atoms with van der Waals surface area (Å²) in [5.41, 5.74) is 2.38. The summed E-state index contributed by atoms with van der Waals surface area (Å²) in [5, 5.41) is 0. The third-order valence-electron chi connectivity index (χ3n) is 3.03. The number of hydrogen-bond acceptors (Lipinski definition) is 1. The van der Waals surface area contributed by atoms with Gasteiger partial charge in [-0.05, 0) is 26.3 Å². The van der Waals surface area contributed by atoms with Crippen molar-refractivity contribution in [2.45, 2.75) is 26.8 Å². The molecule has 1 aromatic carbocycles. The lowest BCUT2D eigenvalue weighted by Crippen LogP contribution is -2.27. The van der Waals surface area contributed by atoms with Gasteiger partial charge < -0.3 is 4.90 Å². The third kappa shape index (κ3) is 3.88. The van der Waals surface area contributed by atoms with Crippen LogP contribution >= 0.6 is 0 Å². The fourth-order valence-electron chi connectivity index (χ4n) is 1.63. The molecule has 1 rings (SSSR count). The molecule has 96 valence electrons. The van der Waals surface area contributed by atoms with E-state index in [1.165, 1.54) is 5.56 Å². The number of likely N-dealkylation sites (N-methyl/N-ethyl adjacent to an activating group) is 1. The van der Waals surface area contributed by atoms with Gasteiger partial charge in [0.2, 0.25) is 5.91 Å². The van der Waals surface area contributed by atoms with E-state index in [9.17, 15) is 4.79 Å². The lowest BCUT2D eigenvalue weighted by atomic mass is 10.1. The van der Waals surface area contributed by atoms with Crippen LogP contribution < -0.4 is 0 Å². The van der Waals surface area contributed by atoms with Crippen LogP contribution in [0.1, 0.15) is 31.0 Å². The molecule has 18 heavy (non-hydrogen) atoms. The lowest BCUT2D eigenvalue weighted by Gasteiger charge is -2.24. The molecule has 0 radical (unpaired) electrons. The fourth-order valence-corrected chi connectivity index (χ4v) is 1.63. The molecule has 0 saturated heterocycles. The van der Waals surface area contributed by atoms with Crippen LogP contribution in [0.3, 0.4) is 0 Å². The van der Waals surface area contributed by atoms with Gasteiger partial charge >= 0.3 is 0 Å². The van der Waals surface area contributed by atoms with Gasteiger partial charge in [0.05, 0.1) is 6.04 Å². The van der Waals surface area contributed by atoms with E-state index < -0.39 is 0 Å². The highest BCUT2D eigenvalue weighted by Gasteiger charge is 2.14. The van der Waals surface area contributed by atoms with Crippen LogP contribution in [0.15, 0.2) is 48.6 Å². The number of hydrogen-bond donors (Lipinski definition) is 0. The summed E-state index contributed by atoms with van der Waals surface area (Å²) in [6.45, 7) is 6.02. The summed E-state index contributed by atoms with van der Waals surface area (Å²) < 4.78 is 0. The maximum atomic E-state index is 11.9. The lowest BCUT2D eigenvalue weighted by molar-refractivity contribution is -0.126. The molecule has 0 heterocycles. The topological polar surface area (TPSA) is 20.3 Å². The molecule has 0 saturated carbocycles. The minimum atomic E-state index is 0.0150. The van der Waals surface area contributed by atoms with Crippen molar-refractivity contribution in [3.63, 3.8) is 0 Å². The first-order chi connectivity index (χ1) is 8.56. The van der Waals surface area contributed by atoms with Gasteiger partial charge in [0, 0.05) is 13.1 Å². The van der Waals surface area contributed by atoms with E-state index in [0.29, 0.717) is 0 Å². The van der Waals surface area contributed by atoms with Crippen molar-refractivity contribution in [1.82, 2.24) is 4.90 Å². The maximum Gasteiger partial charge on any atom is 0.246 e. The average molecular weight is 243 g/mol. The average Bonchev–Trinajstić information content (AvgIpc) is 2.38. The summed E-state index contributed by atoms with van der Waals surface area (Å²) in [7, 11) is 1.83. The van der Waals surface area contributed by atoms with Gasteiger partial charge in [-0.25, -0.2) is 0 Å². The number of carbonyl (C=O) groups is 1. The number of nitrogens with zero attached hydrogens (tertiary/aromatic N) is 1. The van der Waals surface area contributed by atoms with Crippen molar-refractivity contribution in [2.75, 3.05) is 7.05 Å². The van der Waals surface area contributed by atoms with Crippen molar-refractivity contribution >= 4 is 5.91 Å². The second-order valence-corrected chi connectivity index (χ2v) is 4.42. The third-order valence-corrected chi connectivity index (χ3v) is 3.03. The van der Waals surface area contributed by atoms with Crippen LogP contribution in [0, 0.1) is 6.92 Å². The van der Waals surface area contributed by atoms with Gasteiger partial charge in [0.15, 0.2) is 0 Å². The SMILES string of the molecule is C/C=C/C=C/C(=O)N(C)C(C)c1ccc(C)cc1. The number of amides is 1. The molecule has 2 nitrogen and oxygen atoms in total. The van der Waals surface area contributed by atoms with E-state index in [2.05, 4.69) is 31.2 Å². The molecule has 0 spiro atoms. The van der Waals surface area contributed by atoms with E-state index in [1.807, 2.05) is 33.0 Å². The minimum absolute atomic E-state index is 0.0150. The van der Waals surface area contributed by atoms with E-state index in [-0.39, 0.29) is 11.9 Å². The van der Waals surface area contributed by atoms with Crippen molar-refractivity contribution in [3.8, 4) is 0 Å². The van der Waals surface area contributed by atoms with Crippen molar-refractivity contribution in [3.05, 3.63) is 59.7 Å². The summed E-state index contributed by atoms with van der Waals surface area (Å²) in [6.07, 6.45) is 7.10. The fraction of sp³-hybridized carbons (Fsp3) is 0.312. The molecule has 0 N–H and O–H groups in total. The summed E-state index contributed by atoms with van der Waals surface area (Å²) >= 11 is 0. The zero-order chi connectivity index (χ0) is 13.5. The standard InChI is InChI=1S/C16H21NO/c1-5-6-7-8-16(18)17(4)14(3)15-11-9-13(2)10-12-15/h5-12,14H,1-4H3/b6-5+,8-7+. The van der Waals surface area contributed by atoms with Crippen LogP contribution in [0.5, 0.6) is 0 Å². The highest BCUT2D eigenvalue weighted by molar-refractivity contribution is 5.87. The van der Waals surface area contributed by atoms with Crippen LogP contribution in [0.2, 0.25) is 0 Å². The van der Waals surface area contributed by atoms with E-state index in [1.54, 1.807) is 17.1 Å². The first kappa shape index (κ1) is 14.2. The molecular formula is C16H21NO. The van der Waals surface area contributed by atoms with Crippen molar-refractivity contribution in [1.29, 1.82) is 0 Å². The molecule has 0 fully saturated rings. The van der Waals surface area contributed by atoms with Crippen LogP contribution in [0.4, 0.5) is 0 Å². The second kappa shape index (κ2) is 6.80. The second-order valence-electron chi connectivity index (χ2n) is 4.42. The van der Waals surface area contributed by atoms with E-state index >= 15 is 0 Å².